The molecular formula is C21H18N4O2. The number of nitrogens with zero attached hydrogens (tertiary/aromatic N) is 4. The van der Waals surface area contributed by atoms with Crippen molar-refractivity contribution in [2.45, 2.75) is 0 Å². The Kier molecular flexibility index (Phi) is 4.30. The van der Waals surface area contributed by atoms with E-state index in [1.807, 2.05) is 55.4 Å². The molecule has 6 heteroatoms. The summed E-state index contributed by atoms with van der Waals surface area (Å²) in [4.78, 5) is 19.6. The van der Waals surface area contributed by atoms with Crippen molar-refractivity contribution in [2.24, 2.45) is 5.10 Å². The first-order valence-electron chi connectivity index (χ1n) is 8.51. The fraction of sp³-hybridized carbons (Fsp3) is 0.0952. The van der Waals surface area contributed by atoms with Gasteiger partial charge in [-0.25, -0.2) is 4.98 Å². The zero-order valence-electron chi connectivity index (χ0n) is 15.0. The Labute approximate surface area is 156 Å². The minimum atomic E-state index is -0.242. The minimum absolute atomic E-state index is 0.242. The molecule has 134 valence electrons. The van der Waals surface area contributed by atoms with Crippen molar-refractivity contribution in [3.63, 3.8) is 0 Å². The standard InChI is InChI=1S/C21H18N4O2/c1-24(2)16-11-9-15(10-12-16)14-22-25-20(19-8-5-13-27-19)23-18-7-4-3-6-17(18)21(25)26/h3-14H,1-2H3/b22-14+. The van der Waals surface area contributed by atoms with E-state index in [1.54, 1.807) is 36.7 Å². The Hall–Kier alpha value is -3.67. The van der Waals surface area contributed by atoms with Crippen LogP contribution in [0, 0.1) is 0 Å². The van der Waals surface area contributed by atoms with E-state index in [1.165, 1.54) is 4.68 Å². The van der Waals surface area contributed by atoms with Gasteiger partial charge < -0.3 is 9.32 Å². The van der Waals surface area contributed by atoms with E-state index in [2.05, 4.69) is 10.1 Å². The van der Waals surface area contributed by atoms with E-state index in [-0.39, 0.29) is 5.56 Å². The molecule has 0 atom stereocenters. The molecule has 2 aromatic carbocycles. The first kappa shape index (κ1) is 16.8. The number of hydrogen-bond donors (Lipinski definition) is 0. The highest BCUT2D eigenvalue weighted by Gasteiger charge is 2.14. The van der Waals surface area contributed by atoms with Gasteiger partial charge in [-0.05, 0) is 42.0 Å². The summed E-state index contributed by atoms with van der Waals surface area (Å²) in [5.41, 5.74) is 2.34. The van der Waals surface area contributed by atoms with Crippen LogP contribution < -0.4 is 10.5 Å². The predicted molar refractivity (Wildman–Crippen MR) is 107 cm³/mol. The maximum Gasteiger partial charge on any atom is 0.282 e. The average molecular weight is 358 g/mol. The third kappa shape index (κ3) is 3.25. The van der Waals surface area contributed by atoms with E-state index >= 15 is 0 Å². The third-order valence-corrected chi connectivity index (χ3v) is 4.23. The van der Waals surface area contributed by atoms with Gasteiger partial charge in [0.2, 0.25) is 5.82 Å². The van der Waals surface area contributed by atoms with E-state index in [0.29, 0.717) is 22.5 Å². The Balaban J connectivity index is 1.83. The molecule has 2 heterocycles. The summed E-state index contributed by atoms with van der Waals surface area (Å²) in [7, 11) is 3.97. The number of benzene rings is 2. The highest BCUT2D eigenvalue weighted by atomic mass is 16.3. The lowest BCUT2D eigenvalue weighted by Gasteiger charge is -2.11. The highest BCUT2D eigenvalue weighted by molar-refractivity contribution is 5.82. The van der Waals surface area contributed by atoms with Gasteiger partial charge in [0.05, 0.1) is 23.4 Å². The summed E-state index contributed by atoms with van der Waals surface area (Å²) in [6.45, 7) is 0. The zero-order chi connectivity index (χ0) is 18.8. The van der Waals surface area contributed by atoms with Crippen LogP contribution >= 0.6 is 0 Å². The van der Waals surface area contributed by atoms with Crippen LogP contribution in [0.5, 0.6) is 0 Å². The second kappa shape index (κ2) is 6.92. The minimum Gasteiger partial charge on any atom is -0.461 e. The number of fused-ring (bicyclic) bond motifs is 1. The quantitative estimate of drug-likeness (QED) is 0.523. The summed E-state index contributed by atoms with van der Waals surface area (Å²) >= 11 is 0. The summed E-state index contributed by atoms with van der Waals surface area (Å²) in [5.74, 6) is 0.850. The lowest BCUT2D eigenvalue weighted by atomic mass is 10.2. The van der Waals surface area contributed by atoms with Gasteiger partial charge in [-0.2, -0.15) is 9.78 Å². The molecule has 0 bridgehead atoms. The number of rotatable bonds is 4. The first-order valence-corrected chi connectivity index (χ1v) is 8.51. The molecule has 27 heavy (non-hydrogen) atoms. The van der Waals surface area contributed by atoms with Gasteiger partial charge in [-0.15, -0.1) is 0 Å². The number of anilines is 1. The topological polar surface area (TPSA) is 63.6 Å². The monoisotopic (exact) mass is 358 g/mol. The van der Waals surface area contributed by atoms with Crippen molar-refractivity contribution < 1.29 is 4.42 Å². The van der Waals surface area contributed by atoms with Gasteiger partial charge in [0, 0.05) is 19.8 Å². The molecule has 0 aliphatic heterocycles. The van der Waals surface area contributed by atoms with Crippen molar-refractivity contribution in [1.82, 2.24) is 9.66 Å². The van der Waals surface area contributed by atoms with Gasteiger partial charge in [0.15, 0.2) is 5.76 Å². The van der Waals surface area contributed by atoms with Crippen molar-refractivity contribution in [2.75, 3.05) is 19.0 Å². The molecule has 0 saturated carbocycles. The Morgan fingerprint density at radius 2 is 1.81 bits per heavy atom. The average Bonchev–Trinajstić information content (AvgIpc) is 3.22. The van der Waals surface area contributed by atoms with E-state index in [0.717, 1.165) is 11.3 Å². The van der Waals surface area contributed by atoms with Gasteiger partial charge in [0.1, 0.15) is 0 Å². The van der Waals surface area contributed by atoms with Crippen LogP contribution in [-0.2, 0) is 0 Å². The largest absolute Gasteiger partial charge is 0.461 e. The summed E-state index contributed by atoms with van der Waals surface area (Å²) in [6.07, 6.45) is 3.19. The fourth-order valence-corrected chi connectivity index (χ4v) is 2.78. The van der Waals surface area contributed by atoms with E-state index < -0.39 is 0 Å². The van der Waals surface area contributed by atoms with Gasteiger partial charge in [0.25, 0.3) is 5.56 Å². The van der Waals surface area contributed by atoms with Gasteiger partial charge >= 0.3 is 0 Å². The van der Waals surface area contributed by atoms with Gasteiger partial charge in [-0.1, -0.05) is 24.3 Å². The zero-order valence-corrected chi connectivity index (χ0v) is 15.0. The number of para-hydroxylation sites is 1. The lowest BCUT2D eigenvalue weighted by Crippen LogP contribution is -2.20. The SMILES string of the molecule is CN(C)c1ccc(/C=N/n2c(-c3ccco3)nc3ccccc3c2=O)cc1. The second-order valence-electron chi connectivity index (χ2n) is 6.28. The molecule has 0 spiro atoms. The highest BCUT2D eigenvalue weighted by Crippen LogP contribution is 2.19. The molecule has 0 saturated heterocycles. The maximum absolute atomic E-state index is 13.0. The van der Waals surface area contributed by atoms with Gasteiger partial charge in [-0.3, -0.25) is 4.79 Å². The normalized spacial score (nSPS) is 11.3. The Bertz CT molecular complexity index is 1160. The van der Waals surface area contributed by atoms with E-state index in [9.17, 15) is 4.79 Å². The fourth-order valence-electron chi connectivity index (χ4n) is 2.78. The van der Waals surface area contributed by atoms with Crippen molar-refractivity contribution >= 4 is 22.8 Å². The van der Waals surface area contributed by atoms with Crippen LogP contribution in [0.3, 0.4) is 0 Å². The molecule has 0 aliphatic carbocycles. The first-order chi connectivity index (χ1) is 13.1. The molecule has 0 fully saturated rings. The van der Waals surface area contributed by atoms with Crippen LogP contribution in [0.15, 0.2) is 81.2 Å². The molecule has 0 unspecified atom stereocenters. The molecule has 2 aromatic heterocycles. The molecule has 4 rings (SSSR count). The molecule has 0 radical (unpaired) electrons. The van der Waals surface area contributed by atoms with Crippen molar-refractivity contribution in [3.8, 4) is 11.6 Å². The molecule has 0 amide bonds. The van der Waals surface area contributed by atoms with Crippen LogP contribution in [0.4, 0.5) is 5.69 Å². The smallest absolute Gasteiger partial charge is 0.282 e. The van der Waals surface area contributed by atoms with Crippen molar-refractivity contribution in [3.05, 3.63) is 82.8 Å². The second-order valence-corrected chi connectivity index (χ2v) is 6.28. The van der Waals surface area contributed by atoms with Crippen LogP contribution in [0.25, 0.3) is 22.5 Å². The number of aromatic nitrogens is 2. The Morgan fingerprint density at radius 3 is 2.52 bits per heavy atom. The van der Waals surface area contributed by atoms with E-state index in [4.69, 9.17) is 4.42 Å². The summed E-state index contributed by atoms with van der Waals surface area (Å²) in [6, 6.07) is 18.6. The number of furan rings is 1. The molecule has 6 nitrogen and oxygen atoms in total. The number of hydrogen-bond acceptors (Lipinski definition) is 5. The molecule has 0 N–H and O–H groups in total. The van der Waals surface area contributed by atoms with Crippen molar-refractivity contribution in [1.29, 1.82) is 0 Å². The molecular weight excluding hydrogens is 340 g/mol. The maximum atomic E-state index is 13.0. The summed E-state index contributed by atoms with van der Waals surface area (Å²) in [5, 5.41) is 4.91. The predicted octanol–water partition coefficient (Wildman–Crippen LogP) is 3.60. The summed E-state index contributed by atoms with van der Waals surface area (Å²) < 4.78 is 6.74. The lowest BCUT2D eigenvalue weighted by molar-refractivity contribution is 0.571. The third-order valence-electron chi connectivity index (χ3n) is 4.23. The molecule has 0 aliphatic rings. The molecule has 4 aromatic rings. The Morgan fingerprint density at radius 1 is 1.04 bits per heavy atom. The van der Waals surface area contributed by atoms with Crippen LogP contribution in [-0.4, -0.2) is 30.0 Å². The van der Waals surface area contributed by atoms with Crippen LogP contribution in [0.1, 0.15) is 5.56 Å². The van der Waals surface area contributed by atoms with Crippen LogP contribution in [0.2, 0.25) is 0 Å².